The largest absolute Gasteiger partial charge is 0.494 e. The van der Waals surface area contributed by atoms with Crippen LogP contribution in [0.2, 0.25) is 0 Å². The van der Waals surface area contributed by atoms with Crippen LogP contribution in [0, 0.1) is 0 Å². The van der Waals surface area contributed by atoms with E-state index in [1.807, 2.05) is 55.5 Å². The van der Waals surface area contributed by atoms with Gasteiger partial charge in [0, 0.05) is 0 Å². The van der Waals surface area contributed by atoms with Crippen molar-refractivity contribution in [1.29, 1.82) is 0 Å². The highest BCUT2D eigenvalue weighted by Crippen LogP contribution is 2.22. The quantitative estimate of drug-likeness (QED) is 0.870. The van der Waals surface area contributed by atoms with Crippen LogP contribution < -0.4 is 4.74 Å². The summed E-state index contributed by atoms with van der Waals surface area (Å²) in [4.78, 5) is 0. The van der Waals surface area contributed by atoms with Gasteiger partial charge < -0.3 is 9.84 Å². The Hall–Kier alpha value is -1.80. The van der Waals surface area contributed by atoms with Crippen LogP contribution in [0.1, 0.15) is 12.5 Å². The monoisotopic (exact) mass is 228 g/mol. The molecule has 0 fully saturated rings. The van der Waals surface area contributed by atoms with Crippen LogP contribution in [0.4, 0.5) is 0 Å². The molecular weight excluding hydrogens is 212 g/mol. The Bertz CT molecular complexity index is 457. The van der Waals surface area contributed by atoms with Crippen molar-refractivity contribution in [2.24, 2.45) is 0 Å². The van der Waals surface area contributed by atoms with Crippen molar-refractivity contribution in [2.75, 3.05) is 6.61 Å². The molecule has 0 amide bonds. The molecule has 0 aliphatic carbocycles. The summed E-state index contributed by atoms with van der Waals surface area (Å²) in [5, 5.41) is 8.98. The number of aliphatic hydroxyl groups is 1. The molecular formula is C15H16O2. The van der Waals surface area contributed by atoms with Gasteiger partial charge in [-0.25, -0.2) is 0 Å². The fourth-order valence-electron chi connectivity index (χ4n) is 1.71. The van der Waals surface area contributed by atoms with Crippen molar-refractivity contribution in [2.45, 2.75) is 13.5 Å². The van der Waals surface area contributed by atoms with E-state index in [9.17, 15) is 0 Å². The van der Waals surface area contributed by atoms with Crippen LogP contribution in [0.3, 0.4) is 0 Å². The van der Waals surface area contributed by atoms with Crippen molar-refractivity contribution >= 4 is 0 Å². The first kappa shape index (κ1) is 11.7. The average molecular weight is 228 g/mol. The summed E-state index contributed by atoms with van der Waals surface area (Å²) in [7, 11) is 0. The van der Waals surface area contributed by atoms with E-state index in [-0.39, 0.29) is 6.61 Å². The van der Waals surface area contributed by atoms with Gasteiger partial charge >= 0.3 is 0 Å². The van der Waals surface area contributed by atoms with Gasteiger partial charge in [0.25, 0.3) is 0 Å². The van der Waals surface area contributed by atoms with E-state index in [2.05, 4.69) is 0 Å². The number of rotatable bonds is 4. The number of aliphatic hydroxyl groups excluding tert-OH is 1. The molecule has 17 heavy (non-hydrogen) atoms. The van der Waals surface area contributed by atoms with E-state index in [0.29, 0.717) is 6.61 Å². The second-order valence-corrected chi connectivity index (χ2v) is 3.81. The van der Waals surface area contributed by atoms with Crippen LogP contribution in [-0.2, 0) is 6.61 Å². The van der Waals surface area contributed by atoms with Gasteiger partial charge in [-0.3, -0.25) is 0 Å². The summed E-state index contributed by atoms with van der Waals surface area (Å²) < 4.78 is 5.40. The SMILES string of the molecule is CCOc1ccc(-c2ccc(CO)cc2)cc1. The maximum atomic E-state index is 8.98. The van der Waals surface area contributed by atoms with Crippen molar-refractivity contribution in [3.05, 3.63) is 54.1 Å². The number of benzene rings is 2. The molecule has 0 aromatic heterocycles. The predicted octanol–water partition coefficient (Wildman–Crippen LogP) is 3.24. The molecule has 0 bridgehead atoms. The van der Waals surface area contributed by atoms with Crippen LogP contribution in [-0.4, -0.2) is 11.7 Å². The van der Waals surface area contributed by atoms with Gasteiger partial charge in [-0.15, -0.1) is 0 Å². The minimum Gasteiger partial charge on any atom is -0.494 e. The molecule has 0 unspecified atom stereocenters. The smallest absolute Gasteiger partial charge is 0.119 e. The highest BCUT2D eigenvalue weighted by atomic mass is 16.5. The van der Waals surface area contributed by atoms with Gasteiger partial charge in [0.2, 0.25) is 0 Å². The van der Waals surface area contributed by atoms with Crippen molar-refractivity contribution < 1.29 is 9.84 Å². The molecule has 88 valence electrons. The van der Waals surface area contributed by atoms with Gasteiger partial charge in [-0.1, -0.05) is 36.4 Å². The average Bonchev–Trinajstić information content (AvgIpc) is 2.40. The van der Waals surface area contributed by atoms with E-state index in [1.54, 1.807) is 0 Å². The Morgan fingerprint density at radius 1 is 0.882 bits per heavy atom. The molecule has 0 atom stereocenters. The summed E-state index contributed by atoms with van der Waals surface area (Å²) in [5.74, 6) is 0.892. The third-order valence-electron chi connectivity index (χ3n) is 2.64. The Morgan fingerprint density at radius 3 is 1.88 bits per heavy atom. The molecule has 0 radical (unpaired) electrons. The molecule has 2 rings (SSSR count). The minimum absolute atomic E-state index is 0.0869. The number of hydrogen-bond donors (Lipinski definition) is 1. The van der Waals surface area contributed by atoms with Crippen LogP contribution in [0.25, 0.3) is 11.1 Å². The Labute approximate surface area is 101 Å². The Kier molecular flexibility index (Phi) is 3.78. The molecule has 2 nitrogen and oxygen atoms in total. The molecule has 0 aliphatic rings. The maximum Gasteiger partial charge on any atom is 0.119 e. The highest BCUT2D eigenvalue weighted by molar-refractivity contribution is 5.64. The lowest BCUT2D eigenvalue weighted by Gasteiger charge is -2.05. The van der Waals surface area contributed by atoms with E-state index >= 15 is 0 Å². The Morgan fingerprint density at radius 2 is 1.41 bits per heavy atom. The first-order chi connectivity index (χ1) is 8.33. The summed E-state index contributed by atoms with van der Waals surface area (Å²) in [5.41, 5.74) is 3.22. The lowest BCUT2D eigenvalue weighted by molar-refractivity contribution is 0.282. The summed E-state index contributed by atoms with van der Waals surface area (Å²) in [6.45, 7) is 2.75. The molecule has 0 saturated carbocycles. The van der Waals surface area contributed by atoms with Crippen molar-refractivity contribution in [1.82, 2.24) is 0 Å². The third-order valence-corrected chi connectivity index (χ3v) is 2.64. The molecule has 0 spiro atoms. The van der Waals surface area contributed by atoms with Crippen LogP contribution in [0.15, 0.2) is 48.5 Å². The molecule has 2 aromatic rings. The zero-order valence-electron chi connectivity index (χ0n) is 9.89. The summed E-state index contributed by atoms with van der Waals surface area (Å²) >= 11 is 0. The molecule has 0 aliphatic heterocycles. The van der Waals surface area contributed by atoms with Crippen molar-refractivity contribution in [3.63, 3.8) is 0 Å². The van der Waals surface area contributed by atoms with Crippen molar-refractivity contribution in [3.8, 4) is 16.9 Å². The molecule has 1 N–H and O–H groups in total. The minimum atomic E-state index is 0.0869. The van der Waals surface area contributed by atoms with E-state index < -0.39 is 0 Å². The Balaban J connectivity index is 2.20. The van der Waals surface area contributed by atoms with Gasteiger partial charge in [0.15, 0.2) is 0 Å². The topological polar surface area (TPSA) is 29.5 Å². The van der Waals surface area contributed by atoms with Gasteiger partial charge in [0.05, 0.1) is 13.2 Å². The molecule has 2 aromatic carbocycles. The lowest BCUT2D eigenvalue weighted by Crippen LogP contribution is -1.90. The second-order valence-electron chi connectivity index (χ2n) is 3.81. The van der Waals surface area contributed by atoms with E-state index in [4.69, 9.17) is 9.84 Å². The van der Waals surface area contributed by atoms with Crippen LogP contribution in [0.5, 0.6) is 5.75 Å². The van der Waals surface area contributed by atoms with E-state index in [0.717, 1.165) is 22.4 Å². The maximum absolute atomic E-state index is 8.98. The molecule has 0 saturated heterocycles. The second kappa shape index (κ2) is 5.51. The number of ether oxygens (including phenoxy) is 1. The molecule has 2 heteroatoms. The van der Waals surface area contributed by atoms with Gasteiger partial charge in [0.1, 0.15) is 5.75 Å². The van der Waals surface area contributed by atoms with Gasteiger partial charge in [-0.2, -0.15) is 0 Å². The fraction of sp³-hybridized carbons (Fsp3) is 0.200. The normalized spacial score (nSPS) is 10.2. The highest BCUT2D eigenvalue weighted by Gasteiger charge is 1.98. The summed E-state index contributed by atoms with van der Waals surface area (Å²) in [6, 6.07) is 15.9. The van der Waals surface area contributed by atoms with Crippen LogP contribution >= 0.6 is 0 Å². The molecule has 0 heterocycles. The van der Waals surface area contributed by atoms with Gasteiger partial charge in [-0.05, 0) is 35.7 Å². The zero-order valence-corrected chi connectivity index (χ0v) is 9.89. The zero-order chi connectivity index (χ0) is 12.1. The fourth-order valence-corrected chi connectivity index (χ4v) is 1.71. The first-order valence-electron chi connectivity index (χ1n) is 5.76. The van der Waals surface area contributed by atoms with E-state index in [1.165, 1.54) is 0 Å². The number of hydrogen-bond acceptors (Lipinski definition) is 2. The lowest BCUT2D eigenvalue weighted by atomic mass is 10.0. The first-order valence-corrected chi connectivity index (χ1v) is 5.76. The summed E-state index contributed by atoms with van der Waals surface area (Å²) in [6.07, 6.45) is 0. The standard InChI is InChI=1S/C15H16O2/c1-2-17-15-9-7-14(8-10-15)13-5-3-12(11-16)4-6-13/h3-10,16H,2,11H2,1H3. The third kappa shape index (κ3) is 2.86. The predicted molar refractivity (Wildman–Crippen MR) is 69.0 cm³/mol.